The number of fused-ring (bicyclic) bond motifs is 2. The molecular formula is C17H15FN2O. The predicted octanol–water partition coefficient (Wildman–Crippen LogP) is 3.32. The van der Waals surface area contributed by atoms with Crippen LogP contribution in [0.1, 0.15) is 31.0 Å². The van der Waals surface area contributed by atoms with Crippen molar-refractivity contribution < 1.29 is 9.18 Å². The molecule has 0 radical (unpaired) electrons. The molecule has 0 unspecified atom stereocenters. The first-order chi connectivity index (χ1) is 10.1. The minimum Gasteiger partial charge on any atom is -0.299 e. The number of aromatic nitrogens is 2. The van der Waals surface area contributed by atoms with Gasteiger partial charge in [0.2, 0.25) is 0 Å². The number of carbonyl (C=O) groups excluding carboxylic acids is 1. The molecular weight excluding hydrogens is 267 g/mol. The summed E-state index contributed by atoms with van der Waals surface area (Å²) in [7, 11) is 0. The summed E-state index contributed by atoms with van der Waals surface area (Å²) in [6.07, 6.45) is 6.11. The fraction of sp³-hybridized carbons (Fsp3) is 0.294. The lowest BCUT2D eigenvalue weighted by molar-refractivity contribution is -0.123. The quantitative estimate of drug-likeness (QED) is 0.804. The van der Waals surface area contributed by atoms with Crippen LogP contribution in [0.5, 0.6) is 0 Å². The molecule has 1 saturated carbocycles. The summed E-state index contributed by atoms with van der Waals surface area (Å²) < 4.78 is 14.9. The summed E-state index contributed by atoms with van der Waals surface area (Å²) in [4.78, 5) is 12.1. The Morgan fingerprint density at radius 2 is 2.00 bits per heavy atom. The summed E-state index contributed by atoms with van der Waals surface area (Å²) in [5.41, 5.74) is 3.79. The van der Waals surface area contributed by atoms with Gasteiger partial charge < -0.3 is 0 Å². The van der Waals surface area contributed by atoms with Gasteiger partial charge >= 0.3 is 0 Å². The van der Waals surface area contributed by atoms with E-state index in [0.29, 0.717) is 18.6 Å². The van der Waals surface area contributed by atoms with Crippen molar-refractivity contribution >= 4 is 11.9 Å². The molecule has 2 aromatic rings. The first-order valence-electron chi connectivity index (χ1n) is 7.15. The number of Topliss-reactive ketones (excluding diaryl/α,β-unsaturated/α-hetero) is 1. The molecule has 1 fully saturated rings. The number of carbonyl (C=O) groups is 1. The van der Waals surface area contributed by atoms with Gasteiger partial charge in [-0.05, 0) is 55.7 Å². The number of ketones is 1. The summed E-state index contributed by atoms with van der Waals surface area (Å²) in [5.74, 6) is 0.0704. The van der Waals surface area contributed by atoms with Crippen molar-refractivity contribution in [1.82, 2.24) is 9.78 Å². The highest BCUT2D eigenvalue weighted by Gasteiger charge is 2.44. The molecule has 2 aliphatic carbocycles. The first kappa shape index (κ1) is 12.5. The van der Waals surface area contributed by atoms with Crippen LogP contribution in [0.3, 0.4) is 0 Å². The lowest BCUT2D eigenvalue weighted by atomic mass is 9.74. The topological polar surface area (TPSA) is 34.9 Å². The highest BCUT2D eigenvalue weighted by molar-refractivity contribution is 5.94. The Kier molecular flexibility index (Phi) is 2.46. The van der Waals surface area contributed by atoms with Crippen LogP contribution in [0, 0.1) is 11.2 Å². The number of allylic oxidation sites excluding steroid dienone is 1. The Balaban J connectivity index is 1.84. The van der Waals surface area contributed by atoms with E-state index >= 15 is 0 Å². The van der Waals surface area contributed by atoms with Crippen LogP contribution in [-0.2, 0) is 11.2 Å². The van der Waals surface area contributed by atoms with Crippen LogP contribution in [0.4, 0.5) is 4.39 Å². The van der Waals surface area contributed by atoms with Crippen molar-refractivity contribution in [2.45, 2.75) is 26.2 Å². The molecule has 1 atom stereocenters. The maximum atomic E-state index is 13.1. The lowest BCUT2D eigenvalue weighted by Crippen LogP contribution is -2.28. The zero-order chi connectivity index (χ0) is 14.6. The number of hydrogen-bond acceptors (Lipinski definition) is 2. The Labute approximate surface area is 122 Å². The van der Waals surface area contributed by atoms with E-state index < -0.39 is 0 Å². The van der Waals surface area contributed by atoms with Crippen molar-refractivity contribution in [3.63, 3.8) is 0 Å². The summed E-state index contributed by atoms with van der Waals surface area (Å²) in [6.45, 7) is 2.03. The Hall–Kier alpha value is -2.23. The molecule has 1 aromatic carbocycles. The second-order valence-electron chi connectivity index (χ2n) is 6.04. The number of benzene rings is 1. The SMILES string of the molecule is C[C@]12Cc3cnn(-c4ccc(F)cc4)c3C=C1CCC2=O. The Morgan fingerprint density at radius 3 is 2.76 bits per heavy atom. The van der Waals surface area contributed by atoms with Gasteiger partial charge in [0, 0.05) is 6.42 Å². The van der Waals surface area contributed by atoms with Gasteiger partial charge in [-0.2, -0.15) is 5.10 Å². The number of nitrogens with zero attached hydrogens (tertiary/aromatic N) is 2. The summed E-state index contributed by atoms with van der Waals surface area (Å²) in [5, 5.41) is 4.42. The summed E-state index contributed by atoms with van der Waals surface area (Å²) >= 11 is 0. The molecule has 0 N–H and O–H groups in total. The predicted molar refractivity (Wildman–Crippen MR) is 77.6 cm³/mol. The Bertz CT molecular complexity index is 773. The zero-order valence-corrected chi connectivity index (χ0v) is 11.8. The average Bonchev–Trinajstić information content (AvgIpc) is 2.99. The minimum atomic E-state index is -0.344. The largest absolute Gasteiger partial charge is 0.299 e. The zero-order valence-electron chi connectivity index (χ0n) is 11.8. The normalized spacial score (nSPS) is 23.7. The van der Waals surface area contributed by atoms with Gasteiger partial charge in [0.25, 0.3) is 0 Å². The van der Waals surface area contributed by atoms with Crippen molar-refractivity contribution in [3.05, 3.63) is 53.1 Å². The second-order valence-corrected chi connectivity index (χ2v) is 6.04. The van der Waals surface area contributed by atoms with Gasteiger partial charge in [-0.25, -0.2) is 9.07 Å². The standard InChI is InChI=1S/C17H15FN2O/c1-17-9-11-10-19-20(14-5-3-13(18)4-6-14)15(11)8-12(17)2-7-16(17)21/h3-6,8,10H,2,7,9H2,1H3/t17-/m0/s1. The van der Waals surface area contributed by atoms with Crippen molar-refractivity contribution in [2.75, 3.05) is 0 Å². The van der Waals surface area contributed by atoms with E-state index in [1.165, 1.54) is 17.7 Å². The van der Waals surface area contributed by atoms with E-state index in [4.69, 9.17) is 0 Å². The van der Waals surface area contributed by atoms with Crippen molar-refractivity contribution in [1.29, 1.82) is 0 Å². The molecule has 4 heteroatoms. The van der Waals surface area contributed by atoms with Gasteiger partial charge in [-0.15, -0.1) is 0 Å². The van der Waals surface area contributed by atoms with Crippen LogP contribution >= 0.6 is 0 Å². The molecule has 3 nitrogen and oxygen atoms in total. The van der Waals surface area contributed by atoms with Gasteiger partial charge in [0.05, 0.1) is 23.0 Å². The molecule has 106 valence electrons. The van der Waals surface area contributed by atoms with Gasteiger partial charge in [0.15, 0.2) is 0 Å². The van der Waals surface area contributed by atoms with E-state index in [1.807, 2.05) is 17.8 Å². The van der Waals surface area contributed by atoms with E-state index in [-0.39, 0.29) is 11.2 Å². The molecule has 0 bridgehead atoms. The summed E-state index contributed by atoms with van der Waals surface area (Å²) in [6, 6.07) is 6.30. The van der Waals surface area contributed by atoms with Crippen molar-refractivity contribution in [2.24, 2.45) is 5.41 Å². The molecule has 0 spiro atoms. The van der Waals surface area contributed by atoms with Crippen LogP contribution in [0.2, 0.25) is 0 Å². The third-order valence-corrected chi connectivity index (χ3v) is 4.76. The molecule has 1 heterocycles. The van der Waals surface area contributed by atoms with Crippen LogP contribution in [0.25, 0.3) is 11.8 Å². The average molecular weight is 282 g/mol. The Morgan fingerprint density at radius 1 is 1.24 bits per heavy atom. The highest BCUT2D eigenvalue weighted by Crippen LogP contribution is 2.47. The maximum Gasteiger partial charge on any atom is 0.143 e. The molecule has 21 heavy (non-hydrogen) atoms. The molecule has 0 saturated heterocycles. The lowest BCUT2D eigenvalue weighted by Gasteiger charge is -2.28. The fourth-order valence-electron chi connectivity index (χ4n) is 3.44. The molecule has 0 amide bonds. The minimum absolute atomic E-state index is 0.257. The van der Waals surface area contributed by atoms with E-state index in [9.17, 15) is 9.18 Å². The highest BCUT2D eigenvalue weighted by atomic mass is 19.1. The maximum absolute atomic E-state index is 13.1. The monoisotopic (exact) mass is 282 g/mol. The number of hydrogen-bond donors (Lipinski definition) is 0. The molecule has 2 aliphatic rings. The van der Waals surface area contributed by atoms with Gasteiger partial charge in [0.1, 0.15) is 11.6 Å². The van der Waals surface area contributed by atoms with Crippen molar-refractivity contribution in [3.8, 4) is 5.69 Å². The third-order valence-electron chi connectivity index (χ3n) is 4.76. The number of halogens is 1. The fourth-order valence-corrected chi connectivity index (χ4v) is 3.44. The van der Waals surface area contributed by atoms with E-state index in [2.05, 4.69) is 11.2 Å². The first-order valence-corrected chi connectivity index (χ1v) is 7.15. The molecule has 0 aliphatic heterocycles. The second kappa shape index (κ2) is 4.13. The third kappa shape index (κ3) is 1.71. The smallest absolute Gasteiger partial charge is 0.143 e. The van der Waals surface area contributed by atoms with Crippen LogP contribution in [0.15, 0.2) is 36.0 Å². The van der Waals surface area contributed by atoms with E-state index in [1.54, 1.807) is 12.1 Å². The van der Waals surface area contributed by atoms with E-state index in [0.717, 1.165) is 23.4 Å². The van der Waals surface area contributed by atoms with Crippen LogP contribution < -0.4 is 0 Å². The number of rotatable bonds is 1. The molecule has 1 aromatic heterocycles. The molecule has 4 rings (SSSR count). The van der Waals surface area contributed by atoms with Crippen LogP contribution in [-0.4, -0.2) is 15.6 Å². The van der Waals surface area contributed by atoms with Gasteiger partial charge in [-0.3, -0.25) is 4.79 Å². The van der Waals surface area contributed by atoms with Gasteiger partial charge in [-0.1, -0.05) is 5.57 Å².